The molecule has 5 N–H and O–H groups in total. The third-order valence-electron chi connectivity index (χ3n) is 3.93. The molecule has 1 aromatic heterocycles. The summed E-state index contributed by atoms with van der Waals surface area (Å²) in [6.45, 7) is 1.28. The normalized spacial score (nSPS) is 17.0. The van der Waals surface area contributed by atoms with E-state index in [1.165, 1.54) is 17.0 Å². The highest BCUT2D eigenvalue weighted by molar-refractivity contribution is 5.97. The van der Waals surface area contributed by atoms with E-state index < -0.39 is 29.0 Å². The summed E-state index contributed by atoms with van der Waals surface area (Å²) in [5.74, 6) is -0.985. The molecule has 134 valence electrons. The van der Waals surface area contributed by atoms with Gasteiger partial charge < -0.3 is 20.9 Å². The molecular formula is C15H17ClFN5O3. The quantitative estimate of drug-likeness (QED) is 0.593. The first-order valence-corrected chi connectivity index (χ1v) is 7.36. The van der Waals surface area contributed by atoms with Crippen molar-refractivity contribution in [2.45, 2.75) is 6.04 Å². The second-order valence-corrected chi connectivity index (χ2v) is 5.47. The van der Waals surface area contributed by atoms with Gasteiger partial charge in [0.1, 0.15) is 17.2 Å². The average Bonchev–Trinajstić information content (AvgIpc) is 2.57. The molecule has 0 aliphatic carbocycles. The zero-order valence-electron chi connectivity index (χ0n) is 13.0. The lowest BCUT2D eigenvalue weighted by Crippen LogP contribution is -2.49. The highest BCUT2D eigenvalue weighted by Crippen LogP contribution is 2.24. The first kappa shape index (κ1) is 18.7. The zero-order valence-corrected chi connectivity index (χ0v) is 13.9. The molecule has 1 aliphatic heterocycles. The molecule has 0 spiro atoms. The van der Waals surface area contributed by atoms with Gasteiger partial charge in [-0.15, -0.1) is 12.4 Å². The van der Waals surface area contributed by atoms with E-state index in [1.807, 2.05) is 4.98 Å². The maximum Gasteiger partial charge on any atom is 0.326 e. The predicted molar refractivity (Wildman–Crippen MR) is 92.4 cm³/mol. The highest BCUT2D eigenvalue weighted by atomic mass is 35.5. The number of piperazine rings is 1. The van der Waals surface area contributed by atoms with Gasteiger partial charge in [-0.25, -0.2) is 9.18 Å². The van der Waals surface area contributed by atoms with Crippen molar-refractivity contribution in [2.24, 2.45) is 0 Å². The summed E-state index contributed by atoms with van der Waals surface area (Å²) >= 11 is 0. The van der Waals surface area contributed by atoms with Gasteiger partial charge in [-0.2, -0.15) is 0 Å². The standard InChI is InChI=1S/C15H16FN5O3.ClH/c16-9-3-1-2-8(6-9)10-7-18-4-5-21(10)14(23)12-11(17)13(22)20-15(24)19-12;/h1-3,6,10,18H,4-5,7,17H2,(H2,19,20,22,24);1H. The summed E-state index contributed by atoms with van der Waals surface area (Å²) in [7, 11) is 0. The third-order valence-corrected chi connectivity index (χ3v) is 3.93. The van der Waals surface area contributed by atoms with Gasteiger partial charge in [0, 0.05) is 19.6 Å². The summed E-state index contributed by atoms with van der Waals surface area (Å²) in [5, 5.41) is 3.14. The van der Waals surface area contributed by atoms with Crippen LogP contribution in [0.4, 0.5) is 10.1 Å². The molecule has 1 unspecified atom stereocenters. The third kappa shape index (κ3) is 3.72. The van der Waals surface area contributed by atoms with Gasteiger partial charge in [0.25, 0.3) is 11.5 Å². The van der Waals surface area contributed by atoms with Gasteiger partial charge in [0.05, 0.1) is 6.04 Å². The Morgan fingerprint density at radius 3 is 2.76 bits per heavy atom. The molecule has 10 heteroatoms. The summed E-state index contributed by atoms with van der Waals surface area (Å²) in [6.07, 6.45) is 0. The number of benzene rings is 1. The van der Waals surface area contributed by atoms with Crippen LogP contribution in [0.3, 0.4) is 0 Å². The van der Waals surface area contributed by atoms with Crippen molar-refractivity contribution in [3.05, 3.63) is 62.2 Å². The van der Waals surface area contributed by atoms with Gasteiger partial charge in [-0.3, -0.25) is 14.6 Å². The van der Waals surface area contributed by atoms with Crippen molar-refractivity contribution in [3.8, 4) is 0 Å². The van der Waals surface area contributed by atoms with Crippen LogP contribution in [0.2, 0.25) is 0 Å². The Balaban J connectivity index is 0.00000225. The van der Waals surface area contributed by atoms with Crippen molar-refractivity contribution >= 4 is 24.0 Å². The lowest BCUT2D eigenvalue weighted by Gasteiger charge is -2.36. The molecule has 3 rings (SSSR count). The molecule has 0 bridgehead atoms. The second-order valence-electron chi connectivity index (χ2n) is 5.47. The second kappa shape index (κ2) is 7.49. The molecule has 25 heavy (non-hydrogen) atoms. The number of aromatic amines is 2. The van der Waals surface area contributed by atoms with Crippen molar-refractivity contribution in [1.29, 1.82) is 0 Å². The van der Waals surface area contributed by atoms with E-state index in [9.17, 15) is 18.8 Å². The first-order chi connectivity index (χ1) is 11.5. The monoisotopic (exact) mass is 369 g/mol. The van der Waals surface area contributed by atoms with E-state index in [0.29, 0.717) is 25.2 Å². The van der Waals surface area contributed by atoms with Gasteiger partial charge >= 0.3 is 5.69 Å². The Labute approximate surface area is 147 Å². The van der Waals surface area contributed by atoms with Crippen LogP contribution in [0, 0.1) is 5.82 Å². The first-order valence-electron chi connectivity index (χ1n) is 7.36. The molecule has 8 nitrogen and oxygen atoms in total. The number of H-pyrrole nitrogens is 2. The van der Waals surface area contributed by atoms with Crippen LogP contribution in [-0.4, -0.2) is 40.4 Å². The summed E-state index contributed by atoms with van der Waals surface area (Å²) in [5.41, 5.74) is 4.00. The van der Waals surface area contributed by atoms with E-state index in [4.69, 9.17) is 5.73 Å². The topological polar surface area (TPSA) is 124 Å². The fourth-order valence-corrected chi connectivity index (χ4v) is 2.77. The van der Waals surface area contributed by atoms with Crippen LogP contribution in [-0.2, 0) is 0 Å². The number of nitrogen functional groups attached to an aromatic ring is 1. The van der Waals surface area contributed by atoms with Crippen LogP contribution < -0.4 is 22.3 Å². The number of hydrogen-bond acceptors (Lipinski definition) is 5. The number of carbonyl (C=O) groups excluding carboxylic acids is 1. The molecule has 0 saturated carbocycles. The molecule has 1 amide bonds. The molecule has 1 aliphatic rings. The van der Waals surface area contributed by atoms with E-state index >= 15 is 0 Å². The number of nitrogens with one attached hydrogen (secondary N) is 3. The van der Waals surface area contributed by atoms with Gasteiger partial charge in [-0.1, -0.05) is 12.1 Å². The number of rotatable bonds is 2. The zero-order chi connectivity index (χ0) is 17.3. The summed E-state index contributed by atoms with van der Waals surface area (Å²) in [6, 6.07) is 5.50. The number of amides is 1. The minimum Gasteiger partial charge on any atom is -0.392 e. The lowest BCUT2D eigenvalue weighted by atomic mass is 10.0. The van der Waals surface area contributed by atoms with Crippen LogP contribution in [0.5, 0.6) is 0 Å². The van der Waals surface area contributed by atoms with Crippen molar-refractivity contribution in [3.63, 3.8) is 0 Å². The Bertz CT molecular complexity index is 897. The molecule has 2 heterocycles. The number of carbonyl (C=O) groups is 1. The van der Waals surface area contributed by atoms with Crippen molar-refractivity contribution in [1.82, 2.24) is 20.2 Å². The Kier molecular flexibility index (Phi) is 5.60. The number of nitrogens with zero attached hydrogens (tertiary/aromatic N) is 1. The minimum atomic E-state index is -0.820. The van der Waals surface area contributed by atoms with E-state index in [-0.39, 0.29) is 23.8 Å². The van der Waals surface area contributed by atoms with Gasteiger partial charge in [0.15, 0.2) is 0 Å². The summed E-state index contributed by atoms with van der Waals surface area (Å²) < 4.78 is 13.5. The summed E-state index contributed by atoms with van der Waals surface area (Å²) in [4.78, 5) is 41.6. The maximum absolute atomic E-state index is 13.5. The Hall–Kier alpha value is -2.65. The fourth-order valence-electron chi connectivity index (χ4n) is 2.77. The number of nitrogens with two attached hydrogens (primary N) is 1. The molecule has 1 atom stereocenters. The number of aromatic nitrogens is 2. The van der Waals surface area contributed by atoms with Crippen molar-refractivity contribution < 1.29 is 9.18 Å². The molecule has 1 fully saturated rings. The van der Waals surface area contributed by atoms with E-state index in [0.717, 1.165) is 0 Å². The van der Waals surface area contributed by atoms with E-state index in [2.05, 4.69) is 10.3 Å². The minimum absolute atomic E-state index is 0. The van der Waals surface area contributed by atoms with Gasteiger partial charge in [-0.05, 0) is 17.7 Å². The molecule has 2 aromatic rings. The Morgan fingerprint density at radius 1 is 1.28 bits per heavy atom. The average molecular weight is 370 g/mol. The van der Waals surface area contributed by atoms with Crippen LogP contribution in [0.15, 0.2) is 33.9 Å². The number of anilines is 1. The molecule has 0 radical (unpaired) electrons. The van der Waals surface area contributed by atoms with Crippen LogP contribution in [0.25, 0.3) is 0 Å². The number of hydrogen-bond donors (Lipinski definition) is 4. The van der Waals surface area contributed by atoms with E-state index in [1.54, 1.807) is 12.1 Å². The van der Waals surface area contributed by atoms with Crippen molar-refractivity contribution in [2.75, 3.05) is 25.4 Å². The predicted octanol–water partition coefficient (Wildman–Crippen LogP) is -0.00700. The SMILES string of the molecule is Cl.Nc1c(C(=O)N2CCNCC2c2cccc(F)c2)[nH]c(=O)[nH]c1=O. The lowest BCUT2D eigenvalue weighted by molar-refractivity contribution is 0.0628. The highest BCUT2D eigenvalue weighted by Gasteiger charge is 2.30. The molecular weight excluding hydrogens is 353 g/mol. The largest absolute Gasteiger partial charge is 0.392 e. The fraction of sp³-hybridized carbons (Fsp3) is 0.267. The maximum atomic E-state index is 13.5. The Morgan fingerprint density at radius 2 is 2.04 bits per heavy atom. The molecule has 1 saturated heterocycles. The molecule has 1 aromatic carbocycles. The van der Waals surface area contributed by atoms with Gasteiger partial charge in [0.2, 0.25) is 0 Å². The van der Waals surface area contributed by atoms with Crippen LogP contribution >= 0.6 is 12.4 Å². The van der Waals surface area contributed by atoms with Crippen LogP contribution in [0.1, 0.15) is 22.1 Å². The smallest absolute Gasteiger partial charge is 0.326 e. The number of halogens is 2.